The van der Waals surface area contributed by atoms with Gasteiger partial charge in [-0.05, 0) is 42.7 Å². The molecule has 2 saturated heterocycles. The van der Waals surface area contributed by atoms with Crippen molar-refractivity contribution in [3.8, 4) is 5.69 Å². The van der Waals surface area contributed by atoms with Gasteiger partial charge in [-0.1, -0.05) is 36.4 Å². The van der Waals surface area contributed by atoms with Crippen molar-refractivity contribution in [2.75, 3.05) is 23.3 Å². The van der Waals surface area contributed by atoms with Crippen LogP contribution in [0.1, 0.15) is 17.5 Å². The average Bonchev–Trinajstić information content (AvgIpc) is 3.52. The molecule has 0 aliphatic carbocycles. The molecular formula is C25H26N6. The van der Waals surface area contributed by atoms with Gasteiger partial charge in [0.25, 0.3) is 0 Å². The van der Waals surface area contributed by atoms with Crippen molar-refractivity contribution in [3.05, 3.63) is 78.0 Å². The third-order valence-electron chi connectivity index (χ3n) is 6.45. The summed E-state index contributed by atoms with van der Waals surface area (Å²) in [7, 11) is 0. The number of anilines is 2. The molecular weight excluding hydrogens is 384 g/mol. The maximum Gasteiger partial charge on any atom is 0.159 e. The van der Waals surface area contributed by atoms with Gasteiger partial charge in [0.15, 0.2) is 5.82 Å². The minimum Gasteiger partial charge on any atom is -0.366 e. The Bertz CT molecular complexity index is 1230. The van der Waals surface area contributed by atoms with Gasteiger partial charge in [0.2, 0.25) is 0 Å². The van der Waals surface area contributed by atoms with Crippen LogP contribution in [0.2, 0.25) is 0 Å². The molecule has 156 valence electrons. The molecule has 2 bridgehead atoms. The van der Waals surface area contributed by atoms with Crippen LogP contribution in [-0.2, 0) is 6.54 Å². The van der Waals surface area contributed by atoms with Crippen LogP contribution >= 0.6 is 0 Å². The maximum atomic E-state index is 5.12. The first-order valence-electron chi connectivity index (χ1n) is 11.0. The molecule has 6 nitrogen and oxygen atoms in total. The van der Waals surface area contributed by atoms with Crippen molar-refractivity contribution in [1.82, 2.24) is 20.1 Å². The lowest BCUT2D eigenvalue weighted by Gasteiger charge is -2.27. The Hall–Kier alpha value is -3.38. The van der Waals surface area contributed by atoms with E-state index in [0.717, 1.165) is 42.5 Å². The van der Waals surface area contributed by atoms with Crippen LogP contribution in [0.5, 0.6) is 0 Å². The van der Waals surface area contributed by atoms with Gasteiger partial charge < -0.3 is 15.5 Å². The van der Waals surface area contributed by atoms with E-state index < -0.39 is 0 Å². The van der Waals surface area contributed by atoms with E-state index in [2.05, 4.69) is 80.7 Å². The Morgan fingerprint density at radius 2 is 2.00 bits per heavy atom. The third kappa shape index (κ3) is 3.33. The highest BCUT2D eigenvalue weighted by Crippen LogP contribution is 2.35. The third-order valence-corrected chi connectivity index (χ3v) is 6.45. The van der Waals surface area contributed by atoms with Gasteiger partial charge in [-0.25, -0.2) is 9.67 Å². The number of nitrogens with zero attached hydrogens (tertiary/aromatic N) is 4. The van der Waals surface area contributed by atoms with Crippen LogP contribution in [0.3, 0.4) is 0 Å². The Kier molecular flexibility index (Phi) is 4.39. The van der Waals surface area contributed by atoms with Crippen molar-refractivity contribution in [2.24, 2.45) is 0 Å². The number of piperazine rings is 1. The van der Waals surface area contributed by atoms with Gasteiger partial charge in [-0.3, -0.25) is 0 Å². The van der Waals surface area contributed by atoms with Gasteiger partial charge in [0.1, 0.15) is 5.82 Å². The SMILES string of the molecule is Cc1ccc2c(N3C[C@@H]4C[C@H]3CN4)nn(-c3ccnc(NCc4ccccc4)c3)c2c1. The minimum atomic E-state index is 0.540. The first-order chi connectivity index (χ1) is 15.2. The van der Waals surface area contributed by atoms with E-state index >= 15 is 0 Å². The normalized spacial score (nSPS) is 20.0. The molecule has 6 heteroatoms. The summed E-state index contributed by atoms with van der Waals surface area (Å²) in [6.45, 7) is 4.96. The zero-order valence-corrected chi connectivity index (χ0v) is 17.6. The Morgan fingerprint density at radius 1 is 1.10 bits per heavy atom. The van der Waals surface area contributed by atoms with E-state index in [1.807, 2.05) is 18.3 Å². The van der Waals surface area contributed by atoms with Crippen LogP contribution in [0.4, 0.5) is 11.6 Å². The largest absolute Gasteiger partial charge is 0.366 e. The highest BCUT2D eigenvalue weighted by molar-refractivity contribution is 5.92. The molecule has 0 amide bonds. The van der Waals surface area contributed by atoms with Crippen LogP contribution in [0.25, 0.3) is 16.6 Å². The number of hydrogen-bond acceptors (Lipinski definition) is 5. The summed E-state index contributed by atoms with van der Waals surface area (Å²) in [5, 5.41) is 13.4. The first kappa shape index (κ1) is 18.4. The molecule has 2 fully saturated rings. The van der Waals surface area contributed by atoms with Crippen molar-refractivity contribution in [3.63, 3.8) is 0 Å². The molecule has 4 heterocycles. The maximum absolute atomic E-state index is 5.12. The number of benzene rings is 2. The fourth-order valence-corrected chi connectivity index (χ4v) is 4.87. The van der Waals surface area contributed by atoms with Crippen LogP contribution < -0.4 is 15.5 Å². The van der Waals surface area contributed by atoms with Crippen LogP contribution in [0.15, 0.2) is 66.9 Å². The monoisotopic (exact) mass is 410 g/mol. The van der Waals surface area contributed by atoms with E-state index in [1.54, 1.807) is 0 Å². The molecule has 6 rings (SSSR count). The molecule has 0 unspecified atom stereocenters. The predicted molar refractivity (Wildman–Crippen MR) is 125 cm³/mol. The second-order valence-electron chi connectivity index (χ2n) is 8.64. The predicted octanol–water partition coefficient (Wildman–Crippen LogP) is 3.89. The standard InChI is InChI=1S/C25H26N6/c1-17-7-8-22-23(11-17)31(29-25(22)30-16-19-12-21(30)15-27-19)20-9-10-26-24(13-20)28-14-18-5-3-2-4-6-18/h2-11,13,19,21,27H,12,14-16H2,1H3,(H,26,28)/t19-,21-/m0/s1. The fraction of sp³-hybridized carbons (Fsp3) is 0.280. The molecule has 2 aromatic heterocycles. The first-order valence-corrected chi connectivity index (χ1v) is 11.0. The lowest BCUT2D eigenvalue weighted by Crippen LogP contribution is -2.43. The van der Waals surface area contributed by atoms with Crippen LogP contribution in [0, 0.1) is 6.92 Å². The second kappa shape index (κ2) is 7.39. The Morgan fingerprint density at radius 3 is 2.81 bits per heavy atom. The van der Waals surface area contributed by atoms with E-state index in [9.17, 15) is 0 Å². The zero-order valence-electron chi connectivity index (χ0n) is 17.6. The molecule has 0 spiro atoms. The van der Waals surface area contributed by atoms with Crippen molar-refractivity contribution in [2.45, 2.75) is 32.0 Å². The summed E-state index contributed by atoms with van der Waals surface area (Å²) < 4.78 is 2.08. The Labute approximate surface area is 181 Å². The molecule has 0 radical (unpaired) electrons. The van der Waals surface area contributed by atoms with Crippen molar-refractivity contribution in [1.29, 1.82) is 0 Å². The second-order valence-corrected chi connectivity index (χ2v) is 8.64. The van der Waals surface area contributed by atoms with E-state index in [0.29, 0.717) is 12.1 Å². The molecule has 0 saturated carbocycles. The summed E-state index contributed by atoms with van der Waals surface area (Å²) in [6.07, 6.45) is 3.07. The summed E-state index contributed by atoms with van der Waals surface area (Å²) in [5.74, 6) is 1.95. The number of nitrogens with one attached hydrogen (secondary N) is 2. The fourth-order valence-electron chi connectivity index (χ4n) is 4.87. The van der Waals surface area contributed by atoms with E-state index in [1.165, 1.54) is 22.9 Å². The summed E-state index contributed by atoms with van der Waals surface area (Å²) in [5.41, 5.74) is 4.64. The molecule has 31 heavy (non-hydrogen) atoms. The van der Waals surface area contributed by atoms with Crippen LogP contribution in [-0.4, -0.2) is 39.9 Å². The van der Waals surface area contributed by atoms with Gasteiger partial charge in [0, 0.05) is 49.4 Å². The van der Waals surface area contributed by atoms with Gasteiger partial charge in [-0.15, -0.1) is 5.10 Å². The highest BCUT2D eigenvalue weighted by atomic mass is 15.4. The molecule has 2 aromatic carbocycles. The quantitative estimate of drug-likeness (QED) is 0.523. The lowest BCUT2D eigenvalue weighted by molar-refractivity contribution is 0.575. The highest BCUT2D eigenvalue weighted by Gasteiger charge is 2.39. The number of fused-ring (bicyclic) bond motifs is 3. The van der Waals surface area contributed by atoms with E-state index in [4.69, 9.17) is 5.10 Å². The van der Waals surface area contributed by atoms with Crippen molar-refractivity contribution < 1.29 is 0 Å². The molecule has 2 atom stereocenters. The molecule has 4 aromatic rings. The van der Waals surface area contributed by atoms with Gasteiger partial charge in [0.05, 0.1) is 11.2 Å². The van der Waals surface area contributed by atoms with Gasteiger partial charge >= 0.3 is 0 Å². The van der Waals surface area contributed by atoms with E-state index in [-0.39, 0.29) is 0 Å². The van der Waals surface area contributed by atoms with Gasteiger partial charge in [-0.2, -0.15) is 0 Å². The molecule has 2 aliphatic heterocycles. The number of rotatable bonds is 5. The summed E-state index contributed by atoms with van der Waals surface area (Å²) in [6, 6.07) is 22.3. The lowest BCUT2D eigenvalue weighted by atomic mass is 10.1. The Balaban J connectivity index is 1.37. The zero-order chi connectivity index (χ0) is 20.8. The number of aromatic nitrogens is 3. The number of hydrogen-bond donors (Lipinski definition) is 2. The topological polar surface area (TPSA) is 58.0 Å². The smallest absolute Gasteiger partial charge is 0.159 e. The molecule has 2 N–H and O–H groups in total. The number of pyridine rings is 1. The summed E-state index contributed by atoms with van der Waals surface area (Å²) >= 11 is 0. The number of aryl methyl sites for hydroxylation is 1. The summed E-state index contributed by atoms with van der Waals surface area (Å²) in [4.78, 5) is 7.01. The van der Waals surface area contributed by atoms with Crippen molar-refractivity contribution >= 4 is 22.5 Å². The average molecular weight is 411 g/mol. The minimum absolute atomic E-state index is 0.540. The molecule has 2 aliphatic rings.